The van der Waals surface area contributed by atoms with Gasteiger partial charge in [-0.25, -0.2) is 0 Å². The lowest BCUT2D eigenvalue weighted by Gasteiger charge is -2.07. The van der Waals surface area contributed by atoms with Crippen LogP contribution in [0.25, 0.3) is 0 Å². The van der Waals surface area contributed by atoms with Crippen molar-refractivity contribution in [3.63, 3.8) is 0 Å². The second-order valence-corrected chi connectivity index (χ2v) is 3.26. The van der Waals surface area contributed by atoms with E-state index in [1.807, 2.05) is 6.92 Å². The fourth-order valence-electron chi connectivity index (χ4n) is 0.946. The van der Waals surface area contributed by atoms with E-state index in [1.54, 1.807) is 0 Å². The quantitative estimate of drug-likeness (QED) is 0.653. The Morgan fingerprint density at radius 1 is 1.50 bits per heavy atom. The van der Waals surface area contributed by atoms with Gasteiger partial charge in [-0.15, -0.1) is 0 Å². The Hall–Kier alpha value is -0.810. The summed E-state index contributed by atoms with van der Waals surface area (Å²) in [5.41, 5.74) is 1.98. The third-order valence-electron chi connectivity index (χ3n) is 2.06. The number of aliphatic hydroxyl groups is 1. The van der Waals surface area contributed by atoms with Crippen molar-refractivity contribution in [1.29, 1.82) is 5.26 Å². The van der Waals surface area contributed by atoms with Gasteiger partial charge in [-0.3, -0.25) is 0 Å². The lowest BCUT2D eigenvalue weighted by molar-refractivity contribution is 0.288. The highest BCUT2D eigenvalue weighted by Gasteiger charge is 2.04. The molecule has 0 aromatic heterocycles. The van der Waals surface area contributed by atoms with Gasteiger partial charge in [-0.1, -0.05) is 19.4 Å². The molecule has 0 aliphatic heterocycles. The highest BCUT2D eigenvalue weighted by atomic mass is 16.2. The van der Waals surface area contributed by atoms with E-state index < -0.39 is 0 Å². The molecule has 0 heterocycles. The molecule has 0 aromatic carbocycles. The molecule has 0 aromatic rings. The van der Waals surface area contributed by atoms with Gasteiger partial charge in [0.05, 0.1) is 6.07 Å². The molecular weight excluding hydrogens is 150 g/mol. The Bertz CT molecular complexity index is 198. The number of nitriles is 1. The van der Waals surface area contributed by atoms with E-state index in [0.29, 0.717) is 18.8 Å². The first-order valence-corrected chi connectivity index (χ1v) is 4.34. The summed E-state index contributed by atoms with van der Waals surface area (Å²) in [5, 5.41) is 17.4. The van der Waals surface area contributed by atoms with Crippen molar-refractivity contribution in [1.82, 2.24) is 0 Å². The van der Waals surface area contributed by atoms with Gasteiger partial charge in [0.2, 0.25) is 0 Å². The van der Waals surface area contributed by atoms with Crippen molar-refractivity contribution >= 4 is 0 Å². The predicted molar refractivity (Wildman–Crippen MR) is 49.5 cm³/mol. The van der Waals surface area contributed by atoms with Crippen molar-refractivity contribution in [2.75, 3.05) is 6.61 Å². The molecule has 0 amide bonds. The van der Waals surface area contributed by atoms with E-state index in [0.717, 1.165) is 11.1 Å². The van der Waals surface area contributed by atoms with Gasteiger partial charge in [-0.2, -0.15) is 5.26 Å². The van der Waals surface area contributed by atoms with Crippen LogP contribution in [0.4, 0.5) is 0 Å². The molecule has 0 fully saturated rings. The summed E-state index contributed by atoms with van der Waals surface area (Å²) in [6, 6.07) is 2.19. The summed E-state index contributed by atoms with van der Waals surface area (Å²) in [6.07, 6.45) is 1.39. The van der Waals surface area contributed by atoms with Crippen LogP contribution >= 0.6 is 0 Å². The van der Waals surface area contributed by atoms with Crippen molar-refractivity contribution in [3.8, 4) is 6.07 Å². The Morgan fingerprint density at radius 3 is 2.42 bits per heavy atom. The molecule has 0 aliphatic rings. The molecule has 0 saturated heterocycles. The minimum absolute atomic E-state index is 0.163. The largest absolute Gasteiger partial charge is 0.396 e. The summed E-state index contributed by atoms with van der Waals surface area (Å²) in [5.74, 6) is 0.429. The van der Waals surface area contributed by atoms with Crippen LogP contribution in [-0.4, -0.2) is 11.7 Å². The van der Waals surface area contributed by atoms with Crippen LogP contribution in [0.1, 0.15) is 33.6 Å². The zero-order chi connectivity index (χ0) is 9.56. The first-order valence-electron chi connectivity index (χ1n) is 4.34. The summed E-state index contributed by atoms with van der Waals surface area (Å²) in [6.45, 7) is 6.30. The van der Waals surface area contributed by atoms with Crippen LogP contribution in [0.5, 0.6) is 0 Å². The monoisotopic (exact) mass is 167 g/mol. The molecule has 0 unspecified atom stereocenters. The molecule has 0 radical (unpaired) electrons. The SMILES string of the molecule is C/C(=C(/C#N)CCCO)C(C)C. The topological polar surface area (TPSA) is 44.0 Å². The lowest BCUT2D eigenvalue weighted by atomic mass is 9.97. The van der Waals surface area contributed by atoms with E-state index in [-0.39, 0.29) is 6.61 Å². The highest BCUT2D eigenvalue weighted by molar-refractivity contribution is 5.27. The van der Waals surface area contributed by atoms with Crippen LogP contribution in [0, 0.1) is 17.2 Å². The van der Waals surface area contributed by atoms with Crippen LogP contribution in [0.3, 0.4) is 0 Å². The van der Waals surface area contributed by atoms with Crippen LogP contribution in [-0.2, 0) is 0 Å². The number of hydrogen-bond acceptors (Lipinski definition) is 2. The van der Waals surface area contributed by atoms with Gasteiger partial charge in [0.15, 0.2) is 0 Å². The summed E-state index contributed by atoms with van der Waals surface area (Å²) < 4.78 is 0. The molecule has 0 aliphatic carbocycles. The molecule has 2 heteroatoms. The standard InChI is InChI=1S/C10H17NO/c1-8(2)9(3)10(7-11)5-4-6-12/h8,12H,4-6H2,1-3H3/b10-9-. The van der Waals surface area contributed by atoms with Gasteiger partial charge in [0.25, 0.3) is 0 Å². The van der Waals surface area contributed by atoms with Crippen LogP contribution < -0.4 is 0 Å². The van der Waals surface area contributed by atoms with Crippen molar-refractivity contribution in [3.05, 3.63) is 11.1 Å². The third-order valence-corrected chi connectivity index (χ3v) is 2.06. The average Bonchev–Trinajstić information content (AvgIpc) is 2.05. The number of aliphatic hydroxyl groups excluding tert-OH is 1. The molecule has 0 spiro atoms. The zero-order valence-electron chi connectivity index (χ0n) is 8.09. The Labute approximate surface area is 74.5 Å². The molecule has 0 bridgehead atoms. The normalized spacial score (nSPS) is 12.7. The molecule has 68 valence electrons. The van der Waals surface area contributed by atoms with Gasteiger partial charge in [-0.05, 0) is 25.7 Å². The maximum absolute atomic E-state index is 8.78. The molecule has 0 saturated carbocycles. The molecule has 1 N–H and O–H groups in total. The number of nitrogens with zero attached hydrogens (tertiary/aromatic N) is 1. The van der Waals surface area contributed by atoms with E-state index in [2.05, 4.69) is 19.9 Å². The maximum atomic E-state index is 8.78. The van der Waals surface area contributed by atoms with Crippen molar-refractivity contribution < 1.29 is 5.11 Å². The fourth-order valence-corrected chi connectivity index (χ4v) is 0.946. The summed E-state index contributed by atoms with van der Waals surface area (Å²) in [7, 11) is 0. The highest BCUT2D eigenvalue weighted by Crippen LogP contribution is 2.17. The number of rotatable bonds is 4. The average molecular weight is 167 g/mol. The number of allylic oxidation sites excluding steroid dienone is 2. The molecule has 2 nitrogen and oxygen atoms in total. The molecule has 0 rings (SSSR count). The van der Waals surface area contributed by atoms with Crippen LogP contribution in [0.2, 0.25) is 0 Å². The van der Waals surface area contributed by atoms with Crippen molar-refractivity contribution in [2.45, 2.75) is 33.6 Å². The first kappa shape index (κ1) is 11.2. The summed E-state index contributed by atoms with van der Waals surface area (Å²) in [4.78, 5) is 0. The second-order valence-electron chi connectivity index (χ2n) is 3.26. The van der Waals surface area contributed by atoms with Crippen LogP contribution in [0.15, 0.2) is 11.1 Å². The van der Waals surface area contributed by atoms with Gasteiger partial charge >= 0.3 is 0 Å². The maximum Gasteiger partial charge on any atom is 0.0946 e. The lowest BCUT2D eigenvalue weighted by Crippen LogP contribution is -1.96. The second kappa shape index (κ2) is 5.79. The fraction of sp³-hybridized carbons (Fsp3) is 0.700. The Morgan fingerprint density at radius 2 is 2.08 bits per heavy atom. The van der Waals surface area contributed by atoms with E-state index in [9.17, 15) is 0 Å². The molecule has 0 atom stereocenters. The first-order chi connectivity index (χ1) is 5.63. The third kappa shape index (κ3) is 3.54. The van der Waals surface area contributed by atoms with Gasteiger partial charge < -0.3 is 5.11 Å². The smallest absolute Gasteiger partial charge is 0.0946 e. The Kier molecular flexibility index (Phi) is 5.40. The summed E-state index contributed by atoms with van der Waals surface area (Å²) >= 11 is 0. The predicted octanol–water partition coefficient (Wildman–Crippen LogP) is 2.25. The van der Waals surface area contributed by atoms with Gasteiger partial charge in [0, 0.05) is 12.2 Å². The van der Waals surface area contributed by atoms with Crippen molar-refractivity contribution in [2.24, 2.45) is 5.92 Å². The number of hydrogen-bond donors (Lipinski definition) is 1. The minimum atomic E-state index is 0.163. The van der Waals surface area contributed by atoms with E-state index >= 15 is 0 Å². The Balaban J connectivity index is 4.32. The van der Waals surface area contributed by atoms with E-state index in [4.69, 9.17) is 10.4 Å². The zero-order valence-corrected chi connectivity index (χ0v) is 8.09. The molecule has 12 heavy (non-hydrogen) atoms. The minimum Gasteiger partial charge on any atom is -0.396 e. The van der Waals surface area contributed by atoms with E-state index in [1.165, 1.54) is 0 Å². The molecular formula is C10H17NO. The van der Waals surface area contributed by atoms with Gasteiger partial charge in [0.1, 0.15) is 0 Å².